The molecule has 0 radical (unpaired) electrons. The number of carboxylic acid groups (broad SMARTS) is 1. The van der Waals surface area contributed by atoms with Gasteiger partial charge in [0.05, 0.1) is 7.11 Å². The number of hydrogen-bond donors (Lipinski definition) is 1. The van der Waals surface area contributed by atoms with Crippen LogP contribution in [0.3, 0.4) is 0 Å². The third-order valence-corrected chi connectivity index (χ3v) is 7.00. The quantitative estimate of drug-likeness (QED) is 0.198. The molecule has 7 heteroatoms. The van der Waals surface area contributed by atoms with Crippen LogP contribution in [0.15, 0.2) is 83.8 Å². The largest absolute Gasteiger partial charge is 0.495 e. The standard InChI is InChI=1S/C22H26O4.C12H17F.CH2O2/c1-14(2)5-7-17-8-10-19-20(21(17)24-4)22(23)25-13-16-11-15(3)6-9-18(12-16)26-19;1-2-12(13)10-6-5-9-11-7-3-4-8-11;2-1-3/h6,8-12,14,18H,5,7,13H2,1-4H3;2,5-6,9-11H,3-4,7-8H2,1H3;1H,(H,2,3)/b;9-5+,10-6-,12-2+;. The number of benzene rings is 1. The predicted octanol–water partition coefficient (Wildman–Crippen LogP) is 8.51. The van der Waals surface area contributed by atoms with Gasteiger partial charge in [0, 0.05) is 0 Å². The fourth-order valence-corrected chi connectivity index (χ4v) is 4.82. The fraction of sp³-hybridized carbons (Fsp3) is 0.429. The molecule has 228 valence electrons. The number of esters is 1. The second kappa shape index (κ2) is 18.5. The van der Waals surface area contributed by atoms with Gasteiger partial charge in [0.1, 0.15) is 35.6 Å². The van der Waals surface area contributed by atoms with Crippen molar-refractivity contribution in [1.29, 1.82) is 0 Å². The molecule has 0 amide bonds. The zero-order valence-corrected chi connectivity index (χ0v) is 25.5. The fourth-order valence-electron chi connectivity index (χ4n) is 4.82. The number of carbonyl (C=O) groups excluding carboxylic acids is 1. The molecule has 2 aliphatic carbocycles. The molecule has 6 nitrogen and oxygen atoms in total. The molecule has 4 rings (SSSR count). The summed E-state index contributed by atoms with van der Waals surface area (Å²) in [6.45, 7) is 8.04. The highest BCUT2D eigenvalue weighted by atomic mass is 19.1. The van der Waals surface area contributed by atoms with Crippen molar-refractivity contribution in [1.82, 2.24) is 0 Å². The van der Waals surface area contributed by atoms with Crippen molar-refractivity contribution >= 4 is 12.4 Å². The van der Waals surface area contributed by atoms with Crippen LogP contribution in [0, 0.1) is 11.8 Å². The SMILES string of the molecule is COc1c(CCC(C)C)ccc2c1C(=O)OCC1=CC(C=CC(C)=C1)O2.C\C=C(F)/C=C\C=C\C1CCCC1.O=CO. The molecule has 1 saturated carbocycles. The first-order valence-corrected chi connectivity index (χ1v) is 14.6. The Kier molecular flexibility index (Phi) is 15.2. The number of ether oxygens (including phenoxy) is 3. The molecule has 2 bridgehead atoms. The van der Waals surface area contributed by atoms with Gasteiger partial charge in [-0.15, -0.1) is 0 Å². The molecule has 0 aromatic heterocycles. The summed E-state index contributed by atoms with van der Waals surface area (Å²) in [5, 5.41) is 6.89. The zero-order chi connectivity index (χ0) is 30.9. The van der Waals surface area contributed by atoms with Gasteiger partial charge < -0.3 is 19.3 Å². The molecule has 1 aliphatic heterocycles. The van der Waals surface area contributed by atoms with Crippen molar-refractivity contribution in [3.63, 3.8) is 0 Å². The van der Waals surface area contributed by atoms with E-state index in [-0.39, 0.29) is 25.0 Å². The van der Waals surface area contributed by atoms with Crippen molar-refractivity contribution in [2.75, 3.05) is 13.7 Å². The van der Waals surface area contributed by atoms with E-state index < -0.39 is 5.97 Å². The van der Waals surface area contributed by atoms with Gasteiger partial charge >= 0.3 is 5.97 Å². The minimum atomic E-state index is -0.412. The van der Waals surface area contributed by atoms with Gasteiger partial charge in [-0.25, -0.2) is 9.18 Å². The number of allylic oxidation sites excluding steroid dienone is 8. The molecule has 1 fully saturated rings. The highest BCUT2D eigenvalue weighted by molar-refractivity contribution is 5.96. The van der Waals surface area contributed by atoms with Gasteiger partial charge in [-0.2, -0.15) is 0 Å². The van der Waals surface area contributed by atoms with Crippen LogP contribution in [0.25, 0.3) is 0 Å². The van der Waals surface area contributed by atoms with Crippen molar-refractivity contribution in [2.45, 2.75) is 72.3 Å². The first-order chi connectivity index (χ1) is 20.2. The molecule has 1 aromatic carbocycles. The van der Waals surface area contributed by atoms with E-state index in [9.17, 15) is 9.18 Å². The van der Waals surface area contributed by atoms with Crippen molar-refractivity contribution in [3.8, 4) is 11.5 Å². The lowest BCUT2D eigenvalue weighted by Gasteiger charge is -2.19. The molecule has 0 spiro atoms. The summed E-state index contributed by atoms with van der Waals surface area (Å²) < 4.78 is 29.9. The van der Waals surface area contributed by atoms with Crippen LogP contribution in [0.5, 0.6) is 11.5 Å². The first kappa shape index (κ1) is 34.3. The van der Waals surface area contributed by atoms with Crippen LogP contribution in [0.4, 0.5) is 4.39 Å². The minimum Gasteiger partial charge on any atom is -0.495 e. The van der Waals surface area contributed by atoms with E-state index in [1.807, 2.05) is 49.4 Å². The van der Waals surface area contributed by atoms with E-state index in [4.69, 9.17) is 24.1 Å². The Morgan fingerprint density at radius 3 is 2.57 bits per heavy atom. The Morgan fingerprint density at radius 1 is 1.21 bits per heavy atom. The first-order valence-electron chi connectivity index (χ1n) is 14.6. The Hall–Kier alpha value is -3.87. The van der Waals surface area contributed by atoms with Crippen LogP contribution in [-0.4, -0.2) is 37.4 Å². The smallest absolute Gasteiger partial charge is 0.346 e. The van der Waals surface area contributed by atoms with Gasteiger partial charge in [-0.1, -0.05) is 74.8 Å². The molecule has 3 aliphatic rings. The lowest BCUT2D eigenvalue weighted by Crippen LogP contribution is -2.14. The summed E-state index contributed by atoms with van der Waals surface area (Å²) in [6.07, 6.45) is 23.8. The summed E-state index contributed by atoms with van der Waals surface area (Å²) >= 11 is 0. The number of aryl methyl sites for hydroxylation is 1. The van der Waals surface area contributed by atoms with E-state index in [0.29, 0.717) is 23.0 Å². The average molecular weight is 581 g/mol. The van der Waals surface area contributed by atoms with Crippen LogP contribution in [-0.2, 0) is 16.0 Å². The average Bonchev–Trinajstić information content (AvgIpc) is 3.44. The lowest BCUT2D eigenvalue weighted by molar-refractivity contribution is -0.122. The molecular formula is C35H45FO6. The maximum Gasteiger partial charge on any atom is 0.346 e. The van der Waals surface area contributed by atoms with Gasteiger partial charge in [-0.05, 0) is 86.8 Å². The molecule has 1 heterocycles. The number of cyclic esters (lactones) is 1. The molecule has 1 unspecified atom stereocenters. The Bertz CT molecular complexity index is 1210. The zero-order valence-electron chi connectivity index (χ0n) is 25.5. The molecule has 1 aromatic rings. The second-order valence-electron chi connectivity index (χ2n) is 10.8. The highest BCUT2D eigenvalue weighted by Crippen LogP contribution is 2.36. The highest BCUT2D eigenvalue weighted by Gasteiger charge is 2.26. The minimum absolute atomic E-state index is 0.170. The second-order valence-corrected chi connectivity index (χ2v) is 10.8. The van der Waals surface area contributed by atoms with E-state index in [2.05, 4.69) is 19.9 Å². The molecule has 0 saturated heterocycles. The van der Waals surface area contributed by atoms with Crippen molar-refractivity contribution < 1.29 is 33.3 Å². The number of fused-ring (bicyclic) bond motifs is 2. The Balaban J connectivity index is 0.000000322. The molecule has 42 heavy (non-hydrogen) atoms. The van der Waals surface area contributed by atoms with Crippen molar-refractivity contribution in [3.05, 3.63) is 94.9 Å². The maximum absolute atomic E-state index is 12.8. The Labute approximate surface area is 249 Å². The van der Waals surface area contributed by atoms with Gasteiger partial charge in [0.2, 0.25) is 0 Å². The summed E-state index contributed by atoms with van der Waals surface area (Å²) in [4.78, 5) is 21.2. The summed E-state index contributed by atoms with van der Waals surface area (Å²) in [7, 11) is 1.59. The van der Waals surface area contributed by atoms with E-state index in [0.717, 1.165) is 35.5 Å². The van der Waals surface area contributed by atoms with Gasteiger partial charge in [0.15, 0.2) is 0 Å². The lowest BCUT2D eigenvalue weighted by atomic mass is 9.99. The molecular weight excluding hydrogens is 535 g/mol. The van der Waals surface area contributed by atoms with Crippen LogP contribution in [0.2, 0.25) is 0 Å². The summed E-state index contributed by atoms with van der Waals surface area (Å²) in [6, 6.07) is 3.84. The molecule has 1 atom stereocenters. The summed E-state index contributed by atoms with van der Waals surface area (Å²) in [5.74, 6) is 1.78. The maximum atomic E-state index is 12.8. The third-order valence-electron chi connectivity index (χ3n) is 7.00. The molecule has 1 N–H and O–H groups in total. The van der Waals surface area contributed by atoms with Gasteiger partial charge in [-0.3, -0.25) is 4.79 Å². The number of hydrogen-bond acceptors (Lipinski definition) is 5. The number of rotatable bonds is 7. The Morgan fingerprint density at radius 2 is 1.93 bits per heavy atom. The van der Waals surface area contributed by atoms with E-state index in [1.165, 1.54) is 37.8 Å². The third kappa shape index (κ3) is 11.6. The van der Waals surface area contributed by atoms with Crippen LogP contribution >= 0.6 is 0 Å². The number of halogens is 1. The van der Waals surface area contributed by atoms with Crippen LogP contribution in [0.1, 0.15) is 75.7 Å². The van der Waals surface area contributed by atoms with E-state index in [1.54, 1.807) is 20.1 Å². The predicted molar refractivity (Wildman–Crippen MR) is 166 cm³/mol. The monoisotopic (exact) mass is 580 g/mol. The topological polar surface area (TPSA) is 82.1 Å². The number of methoxy groups -OCH3 is 1. The van der Waals surface area contributed by atoms with E-state index >= 15 is 0 Å². The normalized spacial score (nSPS) is 18.6. The summed E-state index contributed by atoms with van der Waals surface area (Å²) in [5.41, 5.74) is 3.41. The van der Waals surface area contributed by atoms with Gasteiger partial charge in [0.25, 0.3) is 6.47 Å². The van der Waals surface area contributed by atoms with Crippen molar-refractivity contribution in [2.24, 2.45) is 11.8 Å². The number of carbonyl (C=O) groups is 2. The van der Waals surface area contributed by atoms with Crippen LogP contribution < -0.4 is 9.47 Å².